The Hall–Kier alpha value is -4.03. The fourth-order valence-corrected chi connectivity index (χ4v) is 6.67. The van der Waals surface area contributed by atoms with Gasteiger partial charge in [0.1, 0.15) is 0 Å². The van der Waals surface area contributed by atoms with Crippen LogP contribution in [0.5, 0.6) is 0 Å². The van der Waals surface area contributed by atoms with Crippen LogP contribution in [0.15, 0.2) is 102 Å². The summed E-state index contributed by atoms with van der Waals surface area (Å²) >= 11 is 1.86. The third-order valence-corrected chi connectivity index (χ3v) is 7.98. The standard InChI is InChI=1S/C27H16BN3OS/c1-4-13-24-17(7-1)18-8-5-12-23(26(18)33-24)30-21-10-2-3-11-22(21)31-27-19(14-16-32-27)25-20(28(30)31)9-6-15-29-25/h1-16H. The van der Waals surface area contributed by atoms with Crippen molar-refractivity contribution in [3.05, 3.63) is 97.4 Å². The molecule has 33 heavy (non-hydrogen) atoms. The Morgan fingerprint density at radius 3 is 2.45 bits per heavy atom. The van der Waals surface area contributed by atoms with E-state index in [1.54, 1.807) is 6.26 Å². The number of rotatable bonds is 1. The number of hydrogen-bond acceptors (Lipinski definition) is 5. The molecule has 8 rings (SSSR count). The maximum atomic E-state index is 6.07. The predicted octanol–water partition coefficient (Wildman–Crippen LogP) is 6.71. The molecule has 0 radical (unpaired) electrons. The Morgan fingerprint density at radius 1 is 0.727 bits per heavy atom. The number of thiophene rings is 1. The summed E-state index contributed by atoms with van der Waals surface area (Å²) in [4.78, 5) is 9.55. The molecule has 6 heteroatoms. The van der Waals surface area contributed by atoms with E-state index in [1.165, 1.54) is 37.0 Å². The van der Waals surface area contributed by atoms with Gasteiger partial charge in [-0.05, 0) is 41.9 Å². The summed E-state index contributed by atoms with van der Waals surface area (Å²) in [5.41, 5.74) is 6.74. The lowest BCUT2D eigenvalue weighted by Crippen LogP contribution is -2.55. The van der Waals surface area contributed by atoms with Gasteiger partial charge in [-0.2, -0.15) is 0 Å². The van der Waals surface area contributed by atoms with Gasteiger partial charge < -0.3 is 14.0 Å². The van der Waals surface area contributed by atoms with Crippen molar-refractivity contribution in [2.24, 2.45) is 0 Å². The molecule has 0 unspecified atom stereocenters. The second-order valence-corrected chi connectivity index (χ2v) is 9.49. The van der Waals surface area contributed by atoms with Crippen LogP contribution in [0.2, 0.25) is 0 Å². The molecule has 4 nitrogen and oxygen atoms in total. The summed E-state index contributed by atoms with van der Waals surface area (Å²) in [6.45, 7) is -0.0689. The van der Waals surface area contributed by atoms with Crippen LogP contribution >= 0.6 is 11.3 Å². The van der Waals surface area contributed by atoms with Crippen molar-refractivity contribution >= 4 is 66.9 Å². The minimum atomic E-state index is -0.0689. The van der Waals surface area contributed by atoms with Crippen LogP contribution in [0, 0.1) is 0 Å². The zero-order valence-electron chi connectivity index (χ0n) is 17.5. The summed E-state index contributed by atoms with van der Waals surface area (Å²) < 4.78 is 8.67. The van der Waals surface area contributed by atoms with Crippen molar-refractivity contribution in [2.75, 3.05) is 9.62 Å². The van der Waals surface area contributed by atoms with E-state index in [4.69, 9.17) is 9.40 Å². The van der Waals surface area contributed by atoms with Gasteiger partial charge in [0.05, 0.1) is 33.6 Å². The fourth-order valence-electron chi connectivity index (χ4n) is 5.45. The van der Waals surface area contributed by atoms with Gasteiger partial charge >= 0.3 is 6.98 Å². The molecule has 154 valence electrons. The minimum Gasteiger partial charge on any atom is -0.449 e. The predicted molar refractivity (Wildman–Crippen MR) is 137 cm³/mol. The lowest BCUT2D eigenvalue weighted by molar-refractivity contribution is 0.577. The molecule has 3 aromatic heterocycles. The van der Waals surface area contributed by atoms with Crippen LogP contribution in [-0.4, -0.2) is 12.0 Å². The first-order valence-corrected chi connectivity index (χ1v) is 11.8. The number of furan rings is 1. The van der Waals surface area contributed by atoms with Crippen molar-refractivity contribution in [3.8, 4) is 11.3 Å². The Morgan fingerprint density at radius 2 is 1.52 bits per heavy atom. The van der Waals surface area contributed by atoms with E-state index in [9.17, 15) is 0 Å². The van der Waals surface area contributed by atoms with Crippen molar-refractivity contribution in [3.63, 3.8) is 0 Å². The molecule has 0 spiro atoms. The van der Waals surface area contributed by atoms with Gasteiger partial charge in [0, 0.05) is 27.4 Å². The molecule has 0 saturated heterocycles. The lowest BCUT2D eigenvalue weighted by Gasteiger charge is -2.33. The average Bonchev–Trinajstić information content (AvgIpc) is 3.58. The first kappa shape index (κ1) is 17.5. The number of benzene rings is 3. The molecule has 5 heterocycles. The van der Waals surface area contributed by atoms with Crippen LogP contribution in [0.1, 0.15) is 0 Å². The van der Waals surface area contributed by atoms with Crippen molar-refractivity contribution in [2.45, 2.75) is 0 Å². The summed E-state index contributed by atoms with van der Waals surface area (Å²) in [6, 6.07) is 30.2. The molecular weight excluding hydrogens is 425 g/mol. The highest BCUT2D eigenvalue weighted by Crippen LogP contribution is 2.52. The Kier molecular flexibility index (Phi) is 3.33. The van der Waals surface area contributed by atoms with Gasteiger partial charge in [0.15, 0.2) is 5.88 Å². The molecule has 3 aromatic carbocycles. The van der Waals surface area contributed by atoms with Crippen molar-refractivity contribution in [1.29, 1.82) is 0 Å². The number of pyridine rings is 1. The molecule has 0 aliphatic carbocycles. The molecule has 0 fully saturated rings. The second kappa shape index (κ2) is 6.27. The normalized spacial score (nSPS) is 13.9. The molecule has 0 N–H and O–H groups in total. The zero-order chi connectivity index (χ0) is 21.5. The molecule has 2 aliphatic heterocycles. The van der Waals surface area contributed by atoms with Crippen LogP contribution < -0.4 is 15.1 Å². The molecule has 0 saturated carbocycles. The van der Waals surface area contributed by atoms with E-state index in [0.29, 0.717) is 0 Å². The number of hydrogen-bond donors (Lipinski definition) is 0. The number of nitrogens with zero attached hydrogens (tertiary/aromatic N) is 3. The van der Waals surface area contributed by atoms with Gasteiger partial charge in [-0.1, -0.05) is 48.5 Å². The largest absolute Gasteiger partial charge is 0.449 e. The second-order valence-electron chi connectivity index (χ2n) is 8.44. The monoisotopic (exact) mass is 441 g/mol. The number of para-hydroxylation sites is 2. The molecule has 0 amide bonds. The molecular formula is C27H16BN3OS. The van der Waals surface area contributed by atoms with Gasteiger partial charge in [0.25, 0.3) is 0 Å². The van der Waals surface area contributed by atoms with Crippen LogP contribution in [0.3, 0.4) is 0 Å². The minimum absolute atomic E-state index is 0.0689. The zero-order valence-corrected chi connectivity index (χ0v) is 18.3. The maximum Gasteiger partial charge on any atom is 0.425 e. The lowest BCUT2D eigenvalue weighted by atomic mass is 9.61. The SMILES string of the molecule is c1cnc2c(c1)B1N(c3ccccc3N1c1cccc3c1sc1ccccc13)c1occc1-2. The molecule has 0 atom stereocenters. The number of fused-ring (bicyclic) bond motifs is 11. The van der Waals surface area contributed by atoms with E-state index < -0.39 is 0 Å². The number of aromatic nitrogens is 1. The van der Waals surface area contributed by atoms with Crippen molar-refractivity contribution < 1.29 is 4.42 Å². The fraction of sp³-hybridized carbons (Fsp3) is 0. The van der Waals surface area contributed by atoms with Crippen LogP contribution in [0.4, 0.5) is 22.9 Å². The highest BCUT2D eigenvalue weighted by Gasteiger charge is 2.50. The topological polar surface area (TPSA) is 32.5 Å². The van der Waals surface area contributed by atoms with Gasteiger partial charge in [-0.25, -0.2) is 0 Å². The summed E-state index contributed by atoms with van der Waals surface area (Å²) in [6.07, 6.45) is 3.63. The molecule has 6 aromatic rings. The quantitative estimate of drug-likeness (QED) is 0.266. The third-order valence-electron chi connectivity index (χ3n) is 6.77. The smallest absolute Gasteiger partial charge is 0.425 e. The molecule has 2 aliphatic rings. The summed E-state index contributed by atoms with van der Waals surface area (Å²) in [5, 5.41) is 2.60. The number of anilines is 4. The van der Waals surface area contributed by atoms with Gasteiger partial charge in [0.2, 0.25) is 0 Å². The van der Waals surface area contributed by atoms with E-state index >= 15 is 0 Å². The summed E-state index contributed by atoms with van der Waals surface area (Å²) in [5.74, 6) is 0.852. The van der Waals surface area contributed by atoms with Gasteiger partial charge in [-0.3, -0.25) is 4.98 Å². The first-order valence-electron chi connectivity index (χ1n) is 11.0. The Bertz CT molecular complexity index is 1720. The highest BCUT2D eigenvalue weighted by atomic mass is 32.1. The van der Waals surface area contributed by atoms with Crippen molar-refractivity contribution in [1.82, 2.24) is 4.98 Å². The Balaban J connectivity index is 1.47. The van der Waals surface area contributed by atoms with E-state index in [2.05, 4.69) is 82.4 Å². The average molecular weight is 441 g/mol. The van der Waals surface area contributed by atoms with Crippen LogP contribution in [0.25, 0.3) is 31.4 Å². The Labute approximate surface area is 194 Å². The first-order chi connectivity index (χ1) is 16.4. The third kappa shape index (κ3) is 2.18. The highest BCUT2D eigenvalue weighted by molar-refractivity contribution is 7.26. The maximum absolute atomic E-state index is 6.07. The van der Waals surface area contributed by atoms with Gasteiger partial charge in [-0.15, -0.1) is 11.3 Å². The summed E-state index contributed by atoms with van der Waals surface area (Å²) in [7, 11) is 0. The molecule has 0 bridgehead atoms. The van der Waals surface area contributed by atoms with E-state index in [0.717, 1.165) is 22.8 Å². The van der Waals surface area contributed by atoms with Crippen LogP contribution in [-0.2, 0) is 0 Å². The van der Waals surface area contributed by atoms with E-state index in [1.807, 2.05) is 29.7 Å². The van der Waals surface area contributed by atoms with E-state index in [-0.39, 0.29) is 6.98 Å².